The SMILES string of the molecule is CCc1cc(CC)n(-c2cccc(F)c2CNC)n1. The van der Waals surface area contributed by atoms with Crippen LogP contribution >= 0.6 is 0 Å². The van der Waals surface area contributed by atoms with Crippen LogP contribution in [0.4, 0.5) is 4.39 Å². The molecule has 0 unspecified atom stereocenters. The molecular weight excluding hydrogens is 241 g/mol. The van der Waals surface area contributed by atoms with Crippen LogP contribution < -0.4 is 5.32 Å². The number of benzene rings is 1. The Kier molecular flexibility index (Phi) is 4.32. The summed E-state index contributed by atoms with van der Waals surface area (Å²) in [4.78, 5) is 0. The van der Waals surface area contributed by atoms with Gasteiger partial charge in [0.15, 0.2) is 0 Å². The molecule has 0 saturated carbocycles. The van der Waals surface area contributed by atoms with Gasteiger partial charge in [-0.25, -0.2) is 9.07 Å². The maximum absolute atomic E-state index is 14.0. The minimum Gasteiger partial charge on any atom is -0.316 e. The predicted molar refractivity (Wildman–Crippen MR) is 75.0 cm³/mol. The van der Waals surface area contributed by atoms with Crippen LogP contribution in [0.5, 0.6) is 0 Å². The molecule has 19 heavy (non-hydrogen) atoms. The van der Waals surface area contributed by atoms with Gasteiger partial charge in [0.25, 0.3) is 0 Å². The highest BCUT2D eigenvalue weighted by Crippen LogP contribution is 2.20. The smallest absolute Gasteiger partial charge is 0.129 e. The molecule has 0 atom stereocenters. The van der Waals surface area contributed by atoms with E-state index in [1.165, 1.54) is 6.07 Å². The Labute approximate surface area is 113 Å². The lowest BCUT2D eigenvalue weighted by Crippen LogP contribution is -2.13. The highest BCUT2D eigenvalue weighted by atomic mass is 19.1. The van der Waals surface area contributed by atoms with Gasteiger partial charge >= 0.3 is 0 Å². The zero-order valence-corrected chi connectivity index (χ0v) is 11.7. The first-order chi connectivity index (χ1) is 9.21. The van der Waals surface area contributed by atoms with E-state index >= 15 is 0 Å². The standard InChI is InChI=1S/C15H20FN3/c1-4-11-9-12(5-2)19(18-11)15-8-6-7-14(16)13(15)10-17-3/h6-9,17H,4-5,10H2,1-3H3. The Bertz CT molecular complexity index is 561. The fourth-order valence-corrected chi connectivity index (χ4v) is 2.21. The second-order valence-electron chi connectivity index (χ2n) is 4.51. The molecule has 2 rings (SSSR count). The lowest BCUT2D eigenvalue weighted by atomic mass is 10.1. The van der Waals surface area contributed by atoms with Crippen LogP contribution in [-0.4, -0.2) is 16.8 Å². The van der Waals surface area contributed by atoms with Crippen molar-refractivity contribution in [2.75, 3.05) is 7.05 Å². The fraction of sp³-hybridized carbons (Fsp3) is 0.400. The summed E-state index contributed by atoms with van der Waals surface area (Å²) >= 11 is 0. The van der Waals surface area contributed by atoms with Crippen molar-refractivity contribution >= 4 is 0 Å². The molecular formula is C15H20FN3. The molecule has 1 N–H and O–H groups in total. The number of nitrogens with zero attached hydrogens (tertiary/aromatic N) is 2. The van der Waals surface area contributed by atoms with Gasteiger partial charge in [-0.3, -0.25) is 0 Å². The molecule has 4 heteroatoms. The van der Waals surface area contributed by atoms with Crippen LogP contribution in [0.1, 0.15) is 30.8 Å². The summed E-state index contributed by atoms with van der Waals surface area (Å²) in [6.45, 7) is 4.66. The molecule has 0 bridgehead atoms. The molecule has 3 nitrogen and oxygen atoms in total. The summed E-state index contributed by atoms with van der Waals surface area (Å²) in [5.41, 5.74) is 3.63. The molecule has 1 heterocycles. The quantitative estimate of drug-likeness (QED) is 0.897. The number of halogens is 1. The Morgan fingerprint density at radius 1 is 1.26 bits per heavy atom. The molecule has 1 aromatic carbocycles. The van der Waals surface area contributed by atoms with Crippen molar-refractivity contribution in [1.82, 2.24) is 15.1 Å². The second kappa shape index (κ2) is 5.97. The maximum atomic E-state index is 14.0. The van der Waals surface area contributed by atoms with Crippen LogP contribution in [0.25, 0.3) is 5.69 Å². The number of aromatic nitrogens is 2. The Hall–Kier alpha value is -1.68. The minimum absolute atomic E-state index is 0.192. The molecule has 0 spiro atoms. The lowest BCUT2D eigenvalue weighted by molar-refractivity contribution is 0.595. The Balaban J connectivity index is 2.57. The summed E-state index contributed by atoms with van der Waals surface area (Å²) in [6, 6.07) is 7.23. The molecule has 0 amide bonds. The fourth-order valence-electron chi connectivity index (χ4n) is 2.21. The number of nitrogens with one attached hydrogen (secondary N) is 1. The van der Waals surface area contributed by atoms with Crippen LogP contribution in [0.3, 0.4) is 0 Å². The summed E-state index contributed by atoms with van der Waals surface area (Å²) in [5, 5.41) is 7.59. The van der Waals surface area contributed by atoms with Crippen LogP contribution in [-0.2, 0) is 19.4 Å². The van der Waals surface area contributed by atoms with Gasteiger partial charge in [0.2, 0.25) is 0 Å². The van der Waals surface area contributed by atoms with Gasteiger partial charge in [-0.15, -0.1) is 0 Å². The Morgan fingerprint density at radius 2 is 2.05 bits per heavy atom. The van der Waals surface area contributed by atoms with Gasteiger partial charge in [-0.1, -0.05) is 19.9 Å². The first-order valence-electron chi connectivity index (χ1n) is 6.71. The van der Waals surface area contributed by atoms with Gasteiger partial charge in [0.1, 0.15) is 5.82 Å². The van der Waals surface area contributed by atoms with E-state index in [1.54, 1.807) is 6.07 Å². The third-order valence-electron chi connectivity index (χ3n) is 3.23. The summed E-state index contributed by atoms with van der Waals surface area (Å²) < 4.78 is 15.8. The number of hydrogen-bond donors (Lipinski definition) is 1. The third-order valence-corrected chi connectivity index (χ3v) is 3.23. The van der Waals surface area contributed by atoms with Crippen LogP contribution in [0, 0.1) is 5.82 Å². The predicted octanol–water partition coefficient (Wildman–Crippen LogP) is 2.86. The van der Waals surface area contributed by atoms with E-state index < -0.39 is 0 Å². The highest BCUT2D eigenvalue weighted by Gasteiger charge is 2.13. The normalized spacial score (nSPS) is 10.9. The van der Waals surface area contributed by atoms with Gasteiger partial charge < -0.3 is 5.32 Å². The van der Waals surface area contributed by atoms with Gasteiger partial charge in [-0.05, 0) is 38.1 Å². The van der Waals surface area contributed by atoms with E-state index in [9.17, 15) is 4.39 Å². The first kappa shape index (κ1) is 13.7. The molecule has 0 fully saturated rings. The van der Waals surface area contributed by atoms with E-state index in [-0.39, 0.29) is 5.82 Å². The average molecular weight is 261 g/mol. The van der Waals surface area contributed by atoms with E-state index in [0.29, 0.717) is 12.1 Å². The molecule has 1 aromatic heterocycles. The lowest BCUT2D eigenvalue weighted by Gasteiger charge is -2.12. The topological polar surface area (TPSA) is 29.9 Å². The number of rotatable bonds is 5. The van der Waals surface area contributed by atoms with Crippen molar-refractivity contribution in [3.05, 3.63) is 47.0 Å². The summed E-state index contributed by atoms with van der Waals surface area (Å²) in [5.74, 6) is -0.192. The zero-order valence-electron chi connectivity index (χ0n) is 11.7. The summed E-state index contributed by atoms with van der Waals surface area (Å²) in [7, 11) is 1.82. The average Bonchev–Trinajstić information content (AvgIpc) is 2.84. The van der Waals surface area contributed by atoms with Crippen molar-refractivity contribution < 1.29 is 4.39 Å². The van der Waals surface area contributed by atoms with Crippen molar-refractivity contribution in [2.24, 2.45) is 0 Å². The van der Waals surface area contributed by atoms with Gasteiger partial charge in [0, 0.05) is 17.8 Å². The molecule has 102 valence electrons. The van der Waals surface area contributed by atoms with Gasteiger partial charge in [0.05, 0.1) is 11.4 Å². The van der Waals surface area contributed by atoms with E-state index in [4.69, 9.17) is 0 Å². The second-order valence-corrected chi connectivity index (χ2v) is 4.51. The van der Waals surface area contributed by atoms with Crippen LogP contribution in [0.15, 0.2) is 24.3 Å². The molecule has 2 aromatic rings. The number of aryl methyl sites for hydroxylation is 2. The van der Waals surface area contributed by atoms with Crippen molar-refractivity contribution in [3.63, 3.8) is 0 Å². The van der Waals surface area contributed by atoms with Crippen molar-refractivity contribution in [3.8, 4) is 5.69 Å². The minimum atomic E-state index is -0.192. The molecule has 0 aliphatic rings. The molecule has 0 saturated heterocycles. The third kappa shape index (κ3) is 2.68. The van der Waals surface area contributed by atoms with Crippen molar-refractivity contribution in [1.29, 1.82) is 0 Å². The zero-order chi connectivity index (χ0) is 13.8. The first-order valence-corrected chi connectivity index (χ1v) is 6.71. The van der Waals surface area contributed by atoms with Crippen molar-refractivity contribution in [2.45, 2.75) is 33.2 Å². The molecule has 0 radical (unpaired) electrons. The molecule has 0 aliphatic heterocycles. The maximum Gasteiger partial charge on any atom is 0.129 e. The van der Waals surface area contributed by atoms with E-state index in [2.05, 4.69) is 30.3 Å². The van der Waals surface area contributed by atoms with Gasteiger partial charge in [-0.2, -0.15) is 5.10 Å². The largest absolute Gasteiger partial charge is 0.316 e. The van der Waals surface area contributed by atoms with E-state index in [0.717, 1.165) is 29.9 Å². The summed E-state index contributed by atoms with van der Waals surface area (Å²) in [6.07, 6.45) is 1.76. The van der Waals surface area contributed by atoms with E-state index in [1.807, 2.05) is 17.8 Å². The monoisotopic (exact) mass is 261 g/mol. The van der Waals surface area contributed by atoms with Crippen LogP contribution in [0.2, 0.25) is 0 Å². The Morgan fingerprint density at radius 3 is 2.68 bits per heavy atom. The number of hydrogen-bond acceptors (Lipinski definition) is 2. The highest BCUT2D eigenvalue weighted by molar-refractivity contribution is 5.43. The molecule has 0 aliphatic carbocycles.